The minimum Gasteiger partial charge on any atom is -0.497 e. The Hall–Kier alpha value is -1.52. The van der Waals surface area contributed by atoms with Crippen LogP contribution in [-0.4, -0.2) is 21.3 Å². The van der Waals surface area contributed by atoms with Crippen LogP contribution in [0.2, 0.25) is 0 Å². The van der Waals surface area contributed by atoms with Gasteiger partial charge in [0.1, 0.15) is 11.5 Å². The summed E-state index contributed by atoms with van der Waals surface area (Å²) in [7, 11) is 5.31. The molecule has 0 bridgehead atoms. The van der Waals surface area contributed by atoms with Gasteiger partial charge in [-0.05, 0) is 31.2 Å². The monoisotopic (exact) mass is 349 g/mol. The summed E-state index contributed by atoms with van der Waals surface area (Å²) in [5.74, 6) is 1.63. The number of rotatable bonds is 6. The fourth-order valence-electron chi connectivity index (χ4n) is 2.36. The Morgan fingerprint density at radius 1 is 1.10 bits per heavy atom. The number of hydrogen-bond acceptors (Lipinski definition) is 3. The average Bonchev–Trinajstić information content (AvgIpc) is 2.53. The number of likely N-dealkylation sites (N-methyl/N-ethyl adjacent to an activating group) is 1. The van der Waals surface area contributed by atoms with Crippen molar-refractivity contribution in [3.8, 4) is 11.5 Å². The third kappa shape index (κ3) is 3.77. The lowest BCUT2D eigenvalue weighted by Crippen LogP contribution is -2.19. The molecule has 21 heavy (non-hydrogen) atoms. The minimum atomic E-state index is 0.171. The summed E-state index contributed by atoms with van der Waals surface area (Å²) in [6, 6.07) is 14.4. The van der Waals surface area contributed by atoms with Crippen LogP contribution in [0.25, 0.3) is 0 Å². The van der Waals surface area contributed by atoms with E-state index in [1.54, 1.807) is 14.2 Å². The molecule has 2 aromatic carbocycles. The van der Waals surface area contributed by atoms with Gasteiger partial charge in [-0.2, -0.15) is 0 Å². The molecule has 1 atom stereocenters. The predicted octanol–water partition coefficient (Wildman–Crippen LogP) is 3.97. The fraction of sp³-hybridized carbons (Fsp3) is 0.294. The molecule has 0 aliphatic heterocycles. The third-order valence-corrected chi connectivity index (χ3v) is 4.32. The van der Waals surface area contributed by atoms with Crippen LogP contribution in [0.4, 0.5) is 0 Å². The van der Waals surface area contributed by atoms with E-state index in [1.807, 2.05) is 25.2 Å². The molecule has 0 heterocycles. The van der Waals surface area contributed by atoms with Gasteiger partial charge in [0, 0.05) is 22.1 Å². The van der Waals surface area contributed by atoms with Gasteiger partial charge in [0.2, 0.25) is 0 Å². The quantitative estimate of drug-likeness (QED) is 0.855. The summed E-state index contributed by atoms with van der Waals surface area (Å²) in [5, 5.41) is 3.36. The lowest BCUT2D eigenvalue weighted by Gasteiger charge is -2.20. The van der Waals surface area contributed by atoms with Gasteiger partial charge < -0.3 is 14.8 Å². The van der Waals surface area contributed by atoms with E-state index in [0.717, 1.165) is 28.0 Å². The lowest BCUT2D eigenvalue weighted by molar-refractivity contribution is 0.385. The molecule has 2 rings (SSSR count). The van der Waals surface area contributed by atoms with Crippen LogP contribution >= 0.6 is 15.9 Å². The first-order valence-corrected chi connectivity index (χ1v) is 7.61. The highest BCUT2D eigenvalue weighted by atomic mass is 79.9. The van der Waals surface area contributed by atoms with Crippen molar-refractivity contribution in [2.24, 2.45) is 0 Å². The van der Waals surface area contributed by atoms with E-state index in [9.17, 15) is 0 Å². The van der Waals surface area contributed by atoms with Crippen LogP contribution in [0.1, 0.15) is 17.2 Å². The van der Waals surface area contributed by atoms with Gasteiger partial charge in [0.05, 0.1) is 14.2 Å². The summed E-state index contributed by atoms with van der Waals surface area (Å²) >= 11 is 3.61. The van der Waals surface area contributed by atoms with Crippen molar-refractivity contribution in [3.05, 3.63) is 58.1 Å². The maximum atomic E-state index is 5.51. The molecule has 2 aromatic rings. The molecule has 0 spiro atoms. The molecule has 0 aromatic heterocycles. The number of halogens is 1. The first-order chi connectivity index (χ1) is 10.2. The first kappa shape index (κ1) is 15.9. The molecule has 0 amide bonds. The third-order valence-electron chi connectivity index (χ3n) is 3.55. The van der Waals surface area contributed by atoms with Gasteiger partial charge in [-0.15, -0.1) is 0 Å². The Bertz CT molecular complexity index is 601. The molecule has 112 valence electrons. The Morgan fingerprint density at radius 2 is 1.86 bits per heavy atom. The standard InChI is InChI=1S/C17H20BrNO2/c1-19-16(10-12-6-4-5-7-15(12)18)14-9-8-13(20-2)11-17(14)21-3/h4-9,11,16,19H,10H2,1-3H3. The van der Waals surface area contributed by atoms with Crippen molar-refractivity contribution < 1.29 is 9.47 Å². The SMILES string of the molecule is CNC(Cc1ccccc1Br)c1ccc(OC)cc1OC. The van der Waals surface area contributed by atoms with E-state index in [0.29, 0.717) is 0 Å². The van der Waals surface area contributed by atoms with Gasteiger partial charge in [0.25, 0.3) is 0 Å². The molecule has 4 heteroatoms. The van der Waals surface area contributed by atoms with Crippen LogP contribution in [0.5, 0.6) is 11.5 Å². The summed E-state index contributed by atoms with van der Waals surface area (Å²) < 4.78 is 11.9. The molecular weight excluding hydrogens is 330 g/mol. The maximum Gasteiger partial charge on any atom is 0.127 e. The van der Waals surface area contributed by atoms with E-state index >= 15 is 0 Å². The number of benzene rings is 2. The lowest BCUT2D eigenvalue weighted by atomic mass is 9.98. The average molecular weight is 350 g/mol. The summed E-state index contributed by atoms with van der Waals surface area (Å²) in [6.45, 7) is 0. The zero-order chi connectivity index (χ0) is 15.2. The van der Waals surface area contributed by atoms with Gasteiger partial charge in [0.15, 0.2) is 0 Å². The summed E-state index contributed by atoms with van der Waals surface area (Å²) in [5.41, 5.74) is 2.38. The fourth-order valence-corrected chi connectivity index (χ4v) is 2.80. The highest BCUT2D eigenvalue weighted by Crippen LogP contribution is 2.32. The number of hydrogen-bond donors (Lipinski definition) is 1. The van der Waals surface area contributed by atoms with E-state index in [2.05, 4.69) is 45.5 Å². The molecule has 0 fully saturated rings. The van der Waals surface area contributed by atoms with Crippen molar-refractivity contribution >= 4 is 15.9 Å². The summed E-state index contributed by atoms with van der Waals surface area (Å²) in [4.78, 5) is 0. The van der Waals surface area contributed by atoms with Crippen LogP contribution in [0.3, 0.4) is 0 Å². The highest BCUT2D eigenvalue weighted by molar-refractivity contribution is 9.10. The molecule has 0 aliphatic carbocycles. The Kier molecular flexibility index (Phi) is 5.65. The Morgan fingerprint density at radius 3 is 2.48 bits per heavy atom. The van der Waals surface area contributed by atoms with Crippen LogP contribution in [-0.2, 0) is 6.42 Å². The molecule has 0 aliphatic rings. The molecule has 0 saturated heterocycles. The van der Waals surface area contributed by atoms with Crippen molar-refractivity contribution in [2.75, 3.05) is 21.3 Å². The molecule has 3 nitrogen and oxygen atoms in total. The molecule has 0 saturated carbocycles. The number of methoxy groups -OCH3 is 2. The topological polar surface area (TPSA) is 30.5 Å². The predicted molar refractivity (Wildman–Crippen MR) is 89.2 cm³/mol. The van der Waals surface area contributed by atoms with Gasteiger partial charge in [-0.3, -0.25) is 0 Å². The van der Waals surface area contributed by atoms with Gasteiger partial charge in [-0.1, -0.05) is 40.2 Å². The van der Waals surface area contributed by atoms with Gasteiger partial charge >= 0.3 is 0 Å². The van der Waals surface area contributed by atoms with E-state index in [-0.39, 0.29) is 6.04 Å². The number of ether oxygens (including phenoxy) is 2. The molecular formula is C17H20BrNO2. The molecule has 1 N–H and O–H groups in total. The van der Waals surface area contributed by atoms with Crippen LogP contribution in [0.15, 0.2) is 46.9 Å². The van der Waals surface area contributed by atoms with Gasteiger partial charge in [-0.25, -0.2) is 0 Å². The smallest absolute Gasteiger partial charge is 0.127 e. The Labute approximate surface area is 134 Å². The zero-order valence-corrected chi connectivity index (χ0v) is 14.1. The van der Waals surface area contributed by atoms with Crippen LogP contribution < -0.4 is 14.8 Å². The molecule has 0 radical (unpaired) electrons. The maximum absolute atomic E-state index is 5.51. The molecule has 1 unspecified atom stereocenters. The number of nitrogens with one attached hydrogen (secondary N) is 1. The van der Waals surface area contributed by atoms with Crippen LogP contribution in [0, 0.1) is 0 Å². The van der Waals surface area contributed by atoms with Crippen molar-refractivity contribution in [1.82, 2.24) is 5.32 Å². The first-order valence-electron chi connectivity index (χ1n) is 6.82. The van der Waals surface area contributed by atoms with Crippen molar-refractivity contribution in [3.63, 3.8) is 0 Å². The van der Waals surface area contributed by atoms with E-state index < -0.39 is 0 Å². The van der Waals surface area contributed by atoms with E-state index in [4.69, 9.17) is 9.47 Å². The highest BCUT2D eigenvalue weighted by Gasteiger charge is 2.16. The van der Waals surface area contributed by atoms with E-state index in [1.165, 1.54) is 5.56 Å². The zero-order valence-electron chi connectivity index (χ0n) is 12.5. The largest absolute Gasteiger partial charge is 0.497 e. The van der Waals surface area contributed by atoms with Crippen molar-refractivity contribution in [2.45, 2.75) is 12.5 Å². The van der Waals surface area contributed by atoms with Crippen molar-refractivity contribution in [1.29, 1.82) is 0 Å². The normalized spacial score (nSPS) is 12.0. The second-order valence-electron chi connectivity index (χ2n) is 4.74. The Balaban J connectivity index is 2.31. The second-order valence-corrected chi connectivity index (χ2v) is 5.60. The summed E-state index contributed by atoms with van der Waals surface area (Å²) in [6.07, 6.45) is 0.876. The second kappa shape index (κ2) is 7.48. The minimum absolute atomic E-state index is 0.171.